The lowest BCUT2D eigenvalue weighted by Crippen LogP contribution is -2.44. The van der Waals surface area contributed by atoms with Crippen LogP contribution in [0.3, 0.4) is 0 Å². The Hall–Kier alpha value is -2.11. The van der Waals surface area contributed by atoms with Crippen molar-refractivity contribution in [1.82, 2.24) is 14.8 Å². The smallest absolute Gasteiger partial charge is 0.0946 e. The molecule has 1 aliphatic rings. The predicted octanol–water partition coefficient (Wildman–Crippen LogP) is 3.30. The third-order valence-corrected chi connectivity index (χ3v) is 4.55. The molecule has 124 valence electrons. The topological polar surface area (TPSA) is 43.2 Å². The minimum atomic E-state index is 0.119. The van der Waals surface area contributed by atoms with E-state index in [9.17, 15) is 0 Å². The average molecular weight is 343 g/mol. The molecule has 0 spiro atoms. The summed E-state index contributed by atoms with van der Waals surface area (Å²) in [6.07, 6.45) is 5.89. The minimum absolute atomic E-state index is 0.119. The molecule has 0 amide bonds. The first-order valence-corrected chi connectivity index (χ1v) is 8.47. The van der Waals surface area contributed by atoms with E-state index in [1.54, 1.807) is 0 Å². The van der Waals surface area contributed by atoms with Gasteiger partial charge in [0.1, 0.15) is 0 Å². The van der Waals surface area contributed by atoms with Gasteiger partial charge in [-0.25, -0.2) is 0 Å². The van der Waals surface area contributed by atoms with Crippen molar-refractivity contribution >= 4 is 28.2 Å². The van der Waals surface area contributed by atoms with Gasteiger partial charge in [-0.15, -0.1) is 0 Å². The Balaban J connectivity index is 1.58. The number of hydrogen-bond acceptors (Lipinski definition) is 4. The summed E-state index contributed by atoms with van der Waals surface area (Å²) in [5.41, 5.74) is 3.27. The number of fused-ring (bicyclic) bond motifs is 1. The molecule has 1 aromatic carbocycles. The van der Waals surface area contributed by atoms with Crippen molar-refractivity contribution in [2.45, 2.75) is 19.6 Å². The van der Waals surface area contributed by atoms with Crippen LogP contribution >= 0.6 is 11.6 Å². The van der Waals surface area contributed by atoms with Gasteiger partial charge in [0.15, 0.2) is 0 Å². The molecule has 1 fully saturated rings. The van der Waals surface area contributed by atoms with Crippen LogP contribution in [-0.2, 0) is 11.3 Å². The van der Waals surface area contributed by atoms with E-state index in [1.807, 2.05) is 48.4 Å². The Kier molecular flexibility index (Phi) is 4.12. The van der Waals surface area contributed by atoms with Gasteiger partial charge in [-0.1, -0.05) is 11.6 Å². The molecule has 0 N–H and O–H groups in total. The van der Waals surface area contributed by atoms with Crippen molar-refractivity contribution in [2.75, 3.05) is 24.6 Å². The van der Waals surface area contributed by atoms with E-state index in [2.05, 4.69) is 21.0 Å². The third kappa shape index (κ3) is 3.09. The van der Waals surface area contributed by atoms with E-state index in [-0.39, 0.29) is 6.10 Å². The number of nitrogens with zero attached hydrogens (tertiary/aromatic N) is 4. The van der Waals surface area contributed by atoms with Gasteiger partial charge >= 0.3 is 0 Å². The zero-order valence-corrected chi connectivity index (χ0v) is 14.3. The van der Waals surface area contributed by atoms with E-state index in [0.29, 0.717) is 11.6 Å². The summed E-state index contributed by atoms with van der Waals surface area (Å²) in [5, 5.41) is 6.19. The van der Waals surface area contributed by atoms with E-state index in [0.717, 1.165) is 30.5 Å². The van der Waals surface area contributed by atoms with Gasteiger partial charge in [0.05, 0.1) is 31.0 Å². The second-order valence-electron chi connectivity index (χ2n) is 6.17. The molecule has 24 heavy (non-hydrogen) atoms. The largest absolute Gasteiger partial charge is 0.373 e. The molecule has 3 heterocycles. The maximum Gasteiger partial charge on any atom is 0.0946 e. The normalized spacial score (nSPS) is 18.2. The molecule has 3 aromatic rings. The number of anilines is 1. The Morgan fingerprint density at radius 3 is 3.08 bits per heavy atom. The summed E-state index contributed by atoms with van der Waals surface area (Å²) in [6.45, 7) is 5.23. The highest BCUT2D eigenvalue weighted by molar-refractivity contribution is 6.31. The van der Waals surface area contributed by atoms with Crippen molar-refractivity contribution in [3.05, 3.63) is 53.4 Å². The highest BCUT2D eigenvalue weighted by Gasteiger charge is 2.22. The van der Waals surface area contributed by atoms with Crippen LogP contribution in [0.5, 0.6) is 0 Å². The fourth-order valence-electron chi connectivity index (χ4n) is 3.21. The fraction of sp³-hybridized carbons (Fsp3) is 0.333. The first-order valence-electron chi connectivity index (χ1n) is 8.09. The summed E-state index contributed by atoms with van der Waals surface area (Å²) >= 11 is 6.09. The fourth-order valence-corrected chi connectivity index (χ4v) is 3.37. The highest BCUT2D eigenvalue weighted by Crippen LogP contribution is 2.28. The van der Waals surface area contributed by atoms with Crippen LogP contribution in [-0.4, -0.2) is 40.6 Å². The van der Waals surface area contributed by atoms with Crippen LogP contribution in [0.1, 0.15) is 5.56 Å². The summed E-state index contributed by atoms with van der Waals surface area (Å²) in [4.78, 5) is 6.79. The minimum Gasteiger partial charge on any atom is -0.373 e. The molecule has 1 atom stereocenters. The molecule has 1 saturated heterocycles. The molecular formula is C18H19ClN4O. The Morgan fingerprint density at radius 1 is 1.33 bits per heavy atom. The molecule has 0 saturated carbocycles. The van der Waals surface area contributed by atoms with Crippen molar-refractivity contribution in [2.24, 2.45) is 0 Å². The molecule has 4 rings (SSSR count). The highest BCUT2D eigenvalue weighted by atomic mass is 35.5. The number of ether oxygens (including phenoxy) is 1. The molecule has 5 nitrogen and oxygen atoms in total. The number of pyridine rings is 1. The molecule has 1 unspecified atom stereocenters. The van der Waals surface area contributed by atoms with Crippen LogP contribution in [0.25, 0.3) is 10.9 Å². The second-order valence-corrected chi connectivity index (χ2v) is 6.61. The van der Waals surface area contributed by atoms with Gasteiger partial charge in [0.2, 0.25) is 0 Å². The Morgan fingerprint density at radius 2 is 2.25 bits per heavy atom. The maximum atomic E-state index is 6.09. The van der Waals surface area contributed by atoms with Crippen LogP contribution in [0.15, 0.2) is 42.9 Å². The number of rotatable bonds is 3. The van der Waals surface area contributed by atoms with Gasteiger partial charge in [-0.05, 0) is 36.8 Å². The third-order valence-electron chi connectivity index (χ3n) is 4.31. The zero-order valence-electron chi connectivity index (χ0n) is 13.5. The first-order chi connectivity index (χ1) is 11.7. The molecule has 0 aliphatic carbocycles. The van der Waals surface area contributed by atoms with Crippen LogP contribution in [0, 0.1) is 6.92 Å². The number of aryl methyl sites for hydroxylation is 1. The summed E-state index contributed by atoms with van der Waals surface area (Å²) in [7, 11) is 0. The van der Waals surface area contributed by atoms with Crippen molar-refractivity contribution in [1.29, 1.82) is 0 Å². The van der Waals surface area contributed by atoms with E-state index < -0.39 is 0 Å². The number of halogens is 1. The predicted molar refractivity (Wildman–Crippen MR) is 95.7 cm³/mol. The summed E-state index contributed by atoms with van der Waals surface area (Å²) < 4.78 is 7.89. The van der Waals surface area contributed by atoms with Crippen LogP contribution < -0.4 is 4.90 Å². The van der Waals surface area contributed by atoms with Gasteiger partial charge in [0, 0.05) is 41.6 Å². The van der Waals surface area contributed by atoms with E-state index in [1.165, 1.54) is 11.3 Å². The van der Waals surface area contributed by atoms with Gasteiger partial charge in [-0.2, -0.15) is 5.10 Å². The standard InChI is InChI=1S/C18H19ClN4O/c1-13-9-21-23(10-13)12-15-11-22(6-7-24-15)18-4-5-20-17-8-14(19)2-3-16(17)18/h2-5,8-10,15H,6-7,11-12H2,1H3. The number of hydrogen-bond donors (Lipinski definition) is 0. The van der Waals surface area contributed by atoms with Crippen molar-refractivity contribution in [3.8, 4) is 0 Å². The molecule has 6 heteroatoms. The average Bonchev–Trinajstić information content (AvgIpc) is 2.99. The van der Waals surface area contributed by atoms with E-state index in [4.69, 9.17) is 16.3 Å². The maximum absolute atomic E-state index is 6.09. The molecule has 1 aliphatic heterocycles. The SMILES string of the molecule is Cc1cnn(CC2CN(c3ccnc4cc(Cl)ccc34)CCO2)c1. The van der Waals surface area contributed by atoms with Crippen molar-refractivity contribution < 1.29 is 4.74 Å². The molecule has 0 bridgehead atoms. The van der Waals surface area contributed by atoms with Gasteiger partial charge in [-0.3, -0.25) is 9.67 Å². The lowest BCUT2D eigenvalue weighted by atomic mass is 10.1. The monoisotopic (exact) mass is 342 g/mol. The number of aromatic nitrogens is 3. The Labute approximate surface area is 145 Å². The summed E-state index contributed by atoms with van der Waals surface area (Å²) in [5.74, 6) is 0. The molecule has 0 radical (unpaired) electrons. The van der Waals surface area contributed by atoms with Gasteiger partial charge in [0.25, 0.3) is 0 Å². The zero-order chi connectivity index (χ0) is 16.5. The lowest BCUT2D eigenvalue weighted by molar-refractivity contribution is 0.0275. The second kappa shape index (κ2) is 6.42. The van der Waals surface area contributed by atoms with Crippen molar-refractivity contribution in [3.63, 3.8) is 0 Å². The lowest BCUT2D eigenvalue weighted by Gasteiger charge is -2.35. The number of benzene rings is 1. The quantitative estimate of drug-likeness (QED) is 0.732. The van der Waals surface area contributed by atoms with Crippen LogP contribution in [0.2, 0.25) is 5.02 Å². The van der Waals surface area contributed by atoms with E-state index >= 15 is 0 Å². The van der Waals surface area contributed by atoms with Gasteiger partial charge < -0.3 is 9.64 Å². The Bertz CT molecular complexity index is 863. The first kappa shape index (κ1) is 15.4. The summed E-state index contributed by atoms with van der Waals surface area (Å²) in [6, 6.07) is 7.93. The molecule has 2 aromatic heterocycles. The molecular weight excluding hydrogens is 324 g/mol. The number of morpholine rings is 1. The van der Waals surface area contributed by atoms with Crippen LogP contribution in [0.4, 0.5) is 5.69 Å².